The summed E-state index contributed by atoms with van der Waals surface area (Å²) in [7, 11) is 1.41. The zero-order valence-electron chi connectivity index (χ0n) is 18.2. The zero-order chi connectivity index (χ0) is 24.3. The second-order valence-corrected chi connectivity index (χ2v) is 7.32. The van der Waals surface area contributed by atoms with Crippen molar-refractivity contribution >= 4 is 35.0 Å². The van der Waals surface area contributed by atoms with Crippen LogP contribution in [-0.2, 0) is 14.4 Å². The molecule has 4 amide bonds. The van der Waals surface area contributed by atoms with Gasteiger partial charge in [0, 0.05) is 24.1 Å². The van der Waals surface area contributed by atoms with Crippen LogP contribution in [0.2, 0.25) is 0 Å². The molecule has 33 heavy (non-hydrogen) atoms. The normalized spacial score (nSPS) is 15.4. The van der Waals surface area contributed by atoms with E-state index in [2.05, 4.69) is 5.43 Å². The third-order valence-electron chi connectivity index (χ3n) is 5.14. The van der Waals surface area contributed by atoms with Crippen LogP contribution in [-0.4, -0.2) is 46.7 Å². The fraction of sp³-hybridized carbons (Fsp3) is 0.273. The number of anilines is 1. The van der Waals surface area contributed by atoms with Gasteiger partial charge in [-0.2, -0.15) is 0 Å². The summed E-state index contributed by atoms with van der Waals surface area (Å²) in [6.45, 7) is 3.35. The highest BCUT2D eigenvalue weighted by atomic mass is 16.6. The molecule has 0 saturated carbocycles. The van der Waals surface area contributed by atoms with Crippen molar-refractivity contribution in [3.05, 3.63) is 63.7 Å². The molecular weight excluding hydrogens is 432 g/mol. The molecule has 1 N–H and O–H groups in total. The molecule has 172 valence electrons. The Morgan fingerprint density at radius 3 is 2.45 bits per heavy atom. The predicted octanol–water partition coefficient (Wildman–Crippen LogP) is 2.13. The van der Waals surface area contributed by atoms with E-state index < -0.39 is 34.6 Å². The van der Waals surface area contributed by atoms with Gasteiger partial charge in [-0.1, -0.05) is 13.0 Å². The lowest BCUT2D eigenvalue weighted by Gasteiger charge is -2.27. The van der Waals surface area contributed by atoms with Crippen LogP contribution < -0.4 is 15.1 Å². The molecule has 0 bridgehead atoms. The monoisotopic (exact) mass is 454 g/mol. The van der Waals surface area contributed by atoms with Crippen molar-refractivity contribution in [1.82, 2.24) is 10.4 Å². The lowest BCUT2D eigenvalue weighted by Crippen LogP contribution is -2.54. The third-order valence-corrected chi connectivity index (χ3v) is 5.14. The molecule has 0 radical (unpaired) electrons. The second kappa shape index (κ2) is 9.47. The number of hydrogen-bond donors (Lipinski definition) is 1. The van der Waals surface area contributed by atoms with Crippen molar-refractivity contribution in [2.75, 3.05) is 12.0 Å². The van der Waals surface area contributed by atoms with E-state index in [4.69, 9.17) is 4.74 Å². The molecule has 2 aromatic carbocycles. The van der Waals surface area contributed by atoms with Crippen molar-refractivity contribution in [2.24, 2.45) is 0 Å². The number of nitro benzene ring substituents is 1. The number of nitrogens with one attached hydrogen (secondary N) is 1. The van der Waals surface area contributed by atoms with Crippen LogP contribution in [0.5, 0.6) is 5.75 Å². The van der Waals surface area contributed by atoms with Gasteiger partial charge in [-0.3, -0.25) is 34.7 Å². The maximum atomic E-state index is 13.2. The minimum Gasteiger partial charge on any atom is -0.495 e. The molecule has 1 atom stereocenters. The Bertz CT molecular complexity index is 1130. The van der Waals surface area contributed by atoms with Crippen LogP contribution in [0.4, 0.5) is 11.4 Å². The molecule has 11 nitrogen and oxygen atoms in total. The predicted molar refractivity (Wildman–Crippen MR) is 116 cm³/mol. The first kappa shape index (κ1) is 23.4. The Hall–Kier alpha value is -4.28. The van der Waals surface area contributed by atoms with Gasteiger partial charge in [0.15, 0.2) is 0 Å². The molecule has 1 saturated heterocycles. The smallest absolute Gasteiger partial charge is 0.269 e. The molecule has 0 aliphatic carbocycles. The average Bonchev–Trinajstić information content (AvgIpc) is 3.10. The first-order valence-electron chi connectivity index (χ1n) is 10.1. The van der Waals surface area contributed by atoms with Crippen LogP contribution in [0.15, 0.2) is 42.5 Å². The van der Waals surface area contributed by atoms with Crippen LogP contribution in [0.3, 0.4) is 0 Å². The molecule has 1 aliphatic rings. The highest BCUT2D eigenvalue weighted by Gasteiger charge is 2.46. The summed E-state index contributed by atoms with van der Waals surface area (Å²) in [4.78, 5) is 62.5. The molecule has 1 fully saturated rings. The first-order valence-corrected chi connectivity index (χ1v) is 10.1. The van der Waals surface area contributed by atoms with Crippen LogP contribution >= 0.6 is 0 Å². The summed E-state index contributed by atoms with van der Waals surface area (Å²) < 4.78 is 5.28. The fourth-order valence-electron chi connectivity index (χ4n) is 3.44. The van der Waals surface area contributed by atoms with Crippen LogP contribution in [0.1, 0.15) is 35.7 Å². The molecule has 1 aliphatic heterocycles. The summed E-state index contributed by atoms with van der Waals surface area (Å²) in [6, 6.07) is 8.52. The molecule has 0 aromatic heterocycles. The Morgan fingerprint density at radius 2 is 1.88 bits per heavy atom. The van der Waals surface area contributed by atoms with Gasteiger partial charge in [0.2, 0.25) is 11.8 Å². The van der Waals surface area contributed by atoms with Gasteiger partial charge in [-0.25, -0.2) is 9.91 Å². The topological polar surface area (TPSA) is 139 Å². The summed E-state index contributed by atoms with van der Waals surface area (Å²) in [6.07, 6.45) is -0.367. The Balaban J connectivity index is 1.89. The molecular formula is C22H22N4O7. The van der Waals surface area contributed by atoms with Gasteiger partial charge in [0.1, 0.15) is 11.8 Å². The Kier molecular flexibility index (Phi) is 6.71. The van der Waals surface area contributed by atoms with E-state index in [1.165, 1.54) is 19.2 Å². The van der Waals surface area contributed by atoms with E-state index in [9.17, 15) is 29.3 Å². The second-order valence-electron chi connectivity index (χ2n) is 7.32. The van der Waals surface area contributed by atoms with Gasteiger partial charge in [0.05, 0.1) is 24.1 Å². The number of aryl methyl sites for hydroxylation is 1. The van der Waals surface area contributed by atoms with E-state index in [1.54, 1.807) is 32.0 Å². The number of hydrogen-bond acceptors (Lipinski definition) is 7. The van der Waals surface area contributed by atoms with Crippen LogP contribution in [0.25, 0.3) is 0 Å². The number of rotatable bonds is 6. The summed E-state index contributed by atoms with van der Waals surface area (Å²) in [5, 5.41) is 11.7. The van der Waals surface area contributed by atoms with Gasteiger partial charge in [-0.15, -0.1) is 0 Å². The Morgan fingerprint density at radius 1 is 1.21 bits per heavy atom. The number of carbonyl (C=O) groups excluding carboxylic acids is 4. The van der Waals surface area contributed by atoms with Crippen LogP contribution in [0, 0.1) is 17.0 Å². The van der Waals surface area contributed by atoms with Gasteiger partial charge < -0.3 is 4.74 Å². The zero-order valence-corrected chi connectivity index (χ0v) is 18.2. The van der Waals surface area contributed by atoms with Crippen molar-refractivity contribution in [1.29, 1.82) is 0 Å². The number of nitro groups is 1. The molecule has 3 rings (SSSR count). The highest BCUT2D eigenvalue weighted by molar-refractivity contribution is 6.23. The largest absolute Gasteiger partial charge is 0.495 e. The number of carbonyl (C=O) groups is 4. The number of amides is 4. The summed E-state index contributed by atoms with van der Waals surface area (Å²) in [5.41, 5.74) is 3.27. The number of benzene rings is 2. The van der Waals surface area contributed by atoms with Crippen molar-refractivity contribution in [2.45, 2.75) is 32.7 Å². The summed E-state index contributed by atoms with van der Waals surface area (Å²) in [5.74, 6) is -2.25. The SMILES string of the molecule is CCC(=O)N(NC(=O)c1ccc([N+](=O)[O-])cc1)C1CC(=O)N(c2cc(C)ccc2OC)C1=O. The first-order chi connectivity index (χ1) is 15.7. The maximum Gasteiger partial charge on any atom is 0.269 e. The molecule has 1 unspecified atom stereocenters. The van der Waals surface area contributed by atoms with E-state index in [0.717, 1.165) is 27.6 Å². The average molecular weight is 454 g/mol. The fourth-order valence-corrected chi connectivity index (χ4v) is 3.44. The number of imide groups is 1. The molecule has 0 spiro atoms. The molecule has 1 heterocycles. The lowest BCUT2D eigenvalue weighted by molar-refractivity contribution is -0.384. The van der Waals surface area contributed by atoms with E-state index >= 15 is 0 Å². The van der Waals surface area contributed by atoms with E-state index in [-0.39, 0.29) is 29.8 Å². The Labute approximate surface area is 189 Å². The van der Waals surface area contributed by atoms with Crippen molar-refractivity contribution < 1.29 is 28.8 Å². The van der Waals surface area contributed by atoms with Gasteiger partial charge in [0.25, 0.3) is 17.5 Å². The third kappa shape index (κ3) is 4.66. The van der Waals surface area contributed by atoms with E-state index in [0.29, 0.717) is 5.75 Å². The maximum absolute atomic E-state index is 13.2. The number of nitrogens with zero attached hydrogens (tertiary/aromatic N) is 3. The van der Waals surface area contributed by atoms with Crippen molar-refractivity contribution in [3.63, 3.8) is 0 Å². The van der Waals surface area contributed by atoms with Gasteiger partial charge in [-0.05, 0) is 36.8 Å². The number of methoxy groups -OCH3 is 1. The minimum atomic E-state index is -1.25. The van der Waals surface area contributed by atoms with E-state index in [1.807, 2.05) is 0 Å². The quantitative estimate of drug-likeness (QED) is 0.401. The highest BCUT2D eigenvalue weighted by Crippen LogP contribution is 2.34. The lowest BCUT2D eigenvalue weighted by atomic mass is 10.2. The molecule has 11 heteroatoms. The number of non-ortho nitro benzene ring substituents is 1. The van der Waals surface area contributed by atoms with Crippen molar-refractivity contribution in [3.8, 4) is 5.75 Å². The number of hydrazine groups is 1. The standard InChI is InChI=1S/C22H22N4O7/c1-4-19(27)25(23-21(29)14-6-8-15(9-7-14)26(31)32)17-12-20(28)24(22(17)30)16-11-13(2)5-10-18(16)33-3/h5-11,17H,4,12H2,1-3H3,(H,23,29). The van der Waals surface area contributed by atoms with Gasteiger partial charge >= 0.3 is 0 Å². The number of ether oxygens (including phenoxy) is 1. The molecule has 2 aromatic rings. The summed E-state index contributed by atoms with van der Waals surface area (Å²) >= 11 is 0. The minimum absolute atomic E-state index is 0.0354.